The summed E-state index contributed by atoms with van der Waals surface area (Å²) >= 11 is 0. The van der Waals surface area contributed by atoms with Crippen molar-refractivity contribution >= 4 is 5.91 Å². The van der Waals surface area contributed by atoms with Crippen LogP contribution in [0.1, 0.15) is 19.3 Å². The molecule has 0 aromatic heterocycles. The Morgan fingerprint density at radius 1 is 1.33 bits per heavy atom. The first kappa shape index (κ1) is 15.4. The van der Waals surface area contributed by atoms with Crippen molar-refractivity contribution in [3.63, 3.8) is 0 Å². The Labute approximate surface area is 111 Å². The first-order chi connectivity index (χ1) is 8.45. The maximum atomic E-state index is 11.8. The van der Waals surface area contributed by atoms with Crippen LogP contribution in [0.4, 0.5) is 0 Å². The van der Waals surface area contributed by atoms with Crippen LogP contribution in [0.25, 0.3) is 0 Å². The van der Waals surface area contributed by atoms with Gasteiger partial charge in [0.1, 0.15) is 0 Å². The van der Waals surface area contributed by atoms with Gasteiger partial charge in [0, 0.05) is 39.1 Å². The van der Waals surface area contributed by atoms with E-state index in [0.717, 1.165) is 13.1 Å². The molecule has 5 heteroatoms. The maximum Gasteiger partial charge on any atom is 0.223 e. The largest absolute Gasteiger partial charge is 0.349 e. The molecule has 1 fully saturated rings. The zero-order valence-corrected chi connectivity index (χ0v) is 12.2. The van der Waals surface area contributed by atoms with Gasteiger partial charge < -0.3 is 15.5 Å². The lowest BCUT2D eigenvalue weighted by Crippen LogP contribution is -2.50. The summed E-state index contributed by atoms with van der Waals surface area (Å²) in [5.41, 5.74) is 5.83. The van der Waals surface area contributed by atoms with Crippen LogP contribution in [0, 0.1) is 0 Å². The highest BCUT2D eigenvalue weighted by molar-refractivity contribution is 5.76. The van der Waals surface area contributed by atoms with Crippen LogP contribution >= 0.6 is 0 Å². The smallest absolute Gasteiger partial charge is 0.223 e. The van der Waals surface area contributed by atoms with Crippen LogP contribution in [-0.4, -0.2) is 80.5 Å². The molecule has 2 N–H and O–H groups in total. The van der Waals surface area contributed by atoms with Crippen LogP contribution in [0.15, 0.2) is 0 Å². The second-order valence-electron chi connectivity index (χ2n) is 5.58. The summed E-state index contributed by atoms with van der Waals surface area (Å²) in [7, 11) is 7.86. The fourth-order valence-electron chi connectivity index (χ4n) is 2.48. The Hall–Kier alpha value is -0.650. The molecule has 0 aliphatic carbocycles. The Morgan fingerprint density at radius 2 is 1.89 bits per heavy atom. The quantitative estimate of drug-likeness (QED) is 0.741. The molecule has 106 valence electrons. The first-order valence-corrected chi connectivity index (χ1v) is 6.76. The van der Waals surface area contributed by atoms with Gasteiger partial charge in [0.15, 0.2) is 0 Å². The van der Waals surface area contributed by atoms with Crippen LogP contribution in [0.5, 0.6) is 0 Å². The molecule has 0 bridgehead atoms. The predicted octanol–water partition coefficient (Wildman–Crippen LogP) is -0.182. The highest BCUT2D eigenvalue weighted by Gasteiger charge is 2.26. The summed E-state index contributed by atoms with van der Waals surface area (Å²) in [6, 6.07) is 0.720. The highest BCUT2D eigenvalue weighted by Crippen LogP contribution is 2.17. The topological polar surface area (TPSA) is 52.8 Å². The van der Waals surface area contributed by atoms with Gasteiger partial charge in [-0.25, -0.2) is 0 Å². The first-order valence-electron chi connectivity index (χ1n) is 6.76. The molecule has 1 heterocycles. The molecule has 1 aliphatic heterocycles. The summed E-state index contributed by atoms with van der Waals surface area (Å²) in [4.78, 5) is 18.1. The second-order valence-corrected chi connectivity index (χ2v) is 5.58. The molecule has 18 heavy (non-hydrogen) atoms. The second kappa shape index (κ2) is 7.07. The Balaban J connectivity index is 2.51. The molecule has 1 saturated heterocycles. The monoisotopic (exact) mass is 256 g/mol. The lowest BCUT2D eigenvalue weighted by atomic mass is 10.0. The minimum absolute atomic E-state index is 0.158. The van der Waals surface area contributed by atoms with Crippen LogP contribution in [0.3, 0.4) is 0 Å². The number of nitrogens with zero attached hydrogens (tertiary/aromatic N) is 3. The number of nitrogens with two attached hydrogens (primary N) is 1. The molecule has 1 atom stereocenters. The van der Waals surface area contributed by atoms with Crippen molar-refractivity contribution < 1.29 is 4.79 Å². The highest BCUT2D eigenvalue weighted by atomic mass is 16.2. The normalized spacial score (nSPS) is 20.1. The number of hydrogen-bond acceptors (Lipinski definition) is 4. The Morgan fingerprint density at radius 3 is 2.33 bits per heavy atom. The molecule has 0 aromatic carbocycles. The van der Waals surface area contributed by atoms with Gasteiger partial charge in [0.05, 0.1) is 0 Å². The van der Waals surface area contributed by atoms with Crippen molar-refractivity contribution in [2.75, 3.05) is 47.8 Å². The van der Waals surface area contributed by atoms with Gasteiger partial charge in [0.2, 0.25) is 5.91 Å². The van der Waals surface area contributed by atoms with Crippen LogP contribution in [0.2, 0.25) is 0 Å². The molecular formula is C13H28N4O. The molecule has 0 saturated carbocycles. The molecular weight excluding hydrogens is 228 g/mol. The van der Waals surface area contributed by atoms with E-state index < -0.39 is 0 Å². The van der Waals surface area contributed by atoms with Crippen LogP contribution < -0.4 is 5.73 Å². The average molecular weight is 256 g/mol. The fourth-order valence-corrected chi connectivity index (χ4v) is 2.48. The van der Waals surface area contributed by atoms with E-state index in [9.17, 15) is 4.79 Å². The zero-order chi connectivity index (χ0) is 13.7. The standard InChI is InChI=1S/C13H28N4O/c1-15(2)13(18)9-12(10-14)17(4)11-5-7-16(3)8-6-11/h11-12H,5-10,14H2,1-4H3. The number of hydrogen-bond donors (Lipinski definition) is 1. The van der Waals surface area contributed by atoms with E-state index in [1.807, 2.05) is 0 Å². The van der Waals surface area contributed by atoms with Crippen molar-refractivity contribution in [2.45, 2.75) is 31.3 Å². The SMILES string of the molecule is CN1CCC(N(C)C(CN)CC(=O)N(C)C)CC1. The molecule has 1 rings (SSSR count). The van der Waals surface area contributed by atoms with Crippen molar-refractivity contribution in [3.05, 3.63) is 0 Å². The van der Waals surface area contributed by atoms with Gasteiger partial charge >= 0.3 is 0 Å². The van der Waals surface area contributed by atoms with E-state index in [0.29, 0.717) is 19.0 Å². The summed E-state index contributed by atoms with van der Waals surface area (Å²) in [5, 5.41) is 0. The number of likely N-dealkylation sites (tertiary alicyclic amines) is 1. The Bertz CT molecular complexity index is 262. The van der Waals surface area contributed by atoms with Gasteiger partial charge in [-0.2, -0.15) is 0 Å². The van der Waals surface area contributed by atoms with E-state index >= 15 is 0 Å². The molecule has 0 spiro atoms. The van der Waals surface area contributed by atoms with E-state index in [1.54, 1.807) is 19.0 Å². The number of amides is 1. The summed E-state index contributed by atoms with van der Waals surface area (Å²) in [6.07, 6.45) is 2.85. The summed E-state index contributed by atoms with van der Waals surface area (Å²) < 4.78 is 0. The van der Waals surface area contributed by atoms with E-state index in [1.165, 1.54) is 12.8 Å². The van der Waals surface area contributed by atoms with Gasteiger partial charge in [-0.3, -0.25) is 9.69 Å². The fraction of sp³-hybridized carbons (Fsp3) is 0.923. The Kier molecular flexibility index (Phi) is 6.05. The molecule has 0 radical (unpaired) electrons. The minimum atomic E-state index is 0.158. The van der Waals surface area contributed by atoms with Crippen molar-refractivity contribution in [3.8, 4) is 0 Å². The zero-order valence-electron chi connectivity index (χ0n) is 12.2. The average Bonchev–Trinajstić information content (AvgIpc) is 2.35. The lowest BCUT2D eigenvalue weighted by molar-refractivity contribution is -0.130. The van der Waals surface area contributed by atoms with Gasteiger partial charge in [0.25, 0.3) is 0 Å². The third kappa shape index (κ3) is 4.23. The molecule has 1 unspecified atom stereocenters. The summed E-state index contributed by atoms with van der Waals surface area (Å²) in [5.74, 6) is 0.158. The number of carbonyl (C=O) groups excluding carboxylic acids is 1. The van der Waals surface area contributed by atoms with E-state index in [-0.39, 0.29) is 11.9 Å². The molecule has 0 aromatic rings. The number of rotatable bonds is 5. The number of piperidine rings is 1. The molecule has 1 aliphatic rings. The van der Waals surface area contributed by atoms with E-state index in [4.69, 9.17) is 5.73 Å². The van der Waals surface area contributed by atoms with Crippen molar-refractivity contribution in [2.24, 2.45) is 5.73 Å². The number of carbonyl (C=O) groups is 1. The van der Waals surface area contributed by atoms with Gasteiger partial charge in [-0.1, -0.05) is 0 Å². The number of likely N-dealkylation sites (N-methyl/N-ethyl adjacent to an activating group) is 1. The van der Waals surface area contributed by atoms with Crippen LogP contribution in [-0.2, 0) is 4.79 Å². The maximum absolute atomic E-state index is 11.8. The summed E-state index contributed by atoms with van der Waals surface area (Å²) in [6.45, 7) is 2.81. The van der Waals surface area contributed by atoms with Gasteiger partial charge in [-0.15, -0.1) is 0 Å². The predicted molar refractivity (Wildman–Crippen MR) is 74.4 cm³/mol. The minimum Gasteiger partial charge on any atom is -0.349 e. The molecule has 1 amide bonds. The van der Waals surface area contributed by atoms with Crippen molar-refractivity contribution in [1.82, 2.24) is 14.7 Å². The lowest BCUT2D eigenvalue weighted by Gasteiger charge is -2.39. The third-order valence-corrected chi connectivity index (χ3v) is 4.02. The third-order valence-electron chi connectivity index (χ3n) is 4.02. The van der Waals surface area contributed by atoms with E-state index in [2.05, 4.69) is 23.9 Å². The van der Waals surface area contributed by atoms with Crippen molar-refractivity contribution in [1.29, 1.82) is 0 Å². The molecule has 5 nitrogen and oxygen atoms in total. The van der Waals surface area contributed by atoms with Gasteiger partial charge in [-0.05, 0) is 40.0 Å².